The number of nitrogens with zero attached hydrogens (tertiary/aromatic N) is 1. The Hall–Kier alpha value is -2.51. The first kappa shape index (κ1) is 24.1. The van der Waals surface area contributed by atoms with Crippen molar-refractivity contribution >= 4 is 17.3 Å². The molecule has 1 aromatic heterocycles. The summed E-state index contributed by atoms with van der Waals surface area (Å²) >= 11 is 1.45. The van der Waals surface area contributed by atoms with Crippen LogP contribution in [0.25, 0.3) is 0 Å². The van der Waals surface area contributed by atoms with Gasteiger partial charge in [0, 0.05) is 24.0 Å². The van der Waals surface area contributed by atoms with Crippen LogP contribution >= 0.6 is 11.3 Å². The Balaban J connectivity index is 1.68. The number of esters is 1. The molecular formula is C26H31NO4S. The van der Waals surface area contributed by atoms with Crippen molar-refractivity contribution in [3.05, 3.63) is 93.7 Å². The Labute approximate surface area is 193 Å². The monoisotopic (exact) mass is 453 g/mol. The number of ether oxygens (including phenoxy) is 1. The van der Waals surface area contributed by atoms with Gasteiger partial charge in [0.15, 0.2) is 0 Å². The van der Waals surface area contributed by atoms with E-state index in [4.69, 9.17) is 4.74 Å². The number of aryl methyl sites for hydroxylation is 1. The fourth-order valence-corrected chi connectivity index (χ4v) is 4.64. The molecule has 6 heteroatoms. The van der Waals surface area contributed by atoms with E-state index in [0.717, 1.165) is 28.8 Å². The zero-order valence-corrected chi connectivity index (χ0v) is 19.4. The average molecular weight is 454 g/mol. The third kappa shape index (κ3) is 6.74. The second-order valence-electron chi connectivity index (χ2n) is 7.95. The van der Waals surface area contributed by atoms with E-state index >= 15 is 0 Å². The predicted molar refractivity (Wildman–Crippen MR) is 128 cm³/mol. The minimum atomic E-state index is -0.644. The van der Waals surface area contributed by atoms with Gasteiger partial charge in [0.2, 0.25) is 0 Å². The molecule has 2 N–H and O–H groups in total. The second-order valence-corrected chi connectivity index (χ2v) is 9.12. The summed E-state index contributed by atoms with van der Waals surface area (Å²) in [7, 11) is 1.39. The zero-order chi connectivity index (χ0) is 22.9. The molecule has 0 bridgehead atoms. The quantitative estimate of drug-likeness (QED) is 0.415. The van der Waals surface area contributed by atoms with Crippen molar-refractivity contribution in [1.82, 2.24) is 4.90 Å². The first-order chi connectivity index (χ1) is 15.5. The van der Waals surface area contributed by atoms with Gasteiger partial charge >= 0.3 is 5.97 Å². The maximum atomic E-state index is 11.7. The Morgan fingerprint density at radius 2 is 1.44 bits per heavy atom. The van der Waals surface area contributed by atoms with Crippen LogP contribution in [0.15, 0.2) is 72.8 Å². The minimum Gasteiger partial charge on any atom is -0.465 e. The number of aliphatic hydroxyl groups excluding tert-OH is 2. The van der Waals surface area contributed by atoms with Crippen molar-refractivity contribution in [2.45, 2.75) is 38.0 Å². The normalized spacial score (nSPS) is 14.2. The van der Waals surface area contributed by atoms with Crippen LogP contribution in [0.1, 0.15) is 51.2 Å². The van der Waals surface area contributed by atoms with Crippen LogP contribution in [0.5, 0.6) is 0 Å². The van der Waals surface area contributed by atoms with Gasteiger partial charge in [0.25, 0.3) is 0 Å². The number of carbonyl (C=O) groups is 1. The van der Waals surface area contributed by atoms with E-state index in [1.807, 2.05) is 66.7 Å². The number of benzene rings is 2. The summed E-state index contributed by atoms with van der Waals surface area (Å²) in [4.78, 5) is 15.6. The highest BCUT2D eigenvalue weighted by molar-refractivity contribution is 7.13. The van der Waals surface area contributed by atoms with Gasteiger partial charge < -0.3 is 14.9 Å². The van der Waals surface area contributed by atoms with E-state index < -0.39 is 12.2 Å². The van der Waals surface area contributed by atoms with Crippen LogP contribution in [0.4, 0.5) is 0 Å². The summed E-state index contributed by atoms with van der Waals surface area (Å²) in [6.45, 7) is 2.96. The number of methoxy groups -OCH3 is 1. The van der Waals surface area contributed by atoms with E-state index in [2.05, 4.69) is 11.8 Å². The van der Waals surface area contributed by atoms with Gasteiger partial charge in [-0.1, -0.05) is 60.7 Å². The van der Waals surface area contributed by atoms with Crippen LogP contribution in [-0.2, 0) is 11.2 Å². The predicted octanol–water partition coefficient (Wildman–Crippen LogP) is 4.63. The largest absolute Gasteiger partial charge is 0.465 e. The molecule has 170 valence electrons. The third-order valence-corrected chi connectivity index (χ3v) is 6.79. The van der Waals surface area contributed by atoms with E-state index in [0.29, 0.717) is 18.0 Å². The molecule has 0 fully saturated rings. The number of hydrogen-bond donors (Lipinski definition) is 2. The fraction of sp³-hybridized carbons (Fsp3) is 0.346. The van der Waals surface area contributed by atoms with Crippen molar-refractivity contribution < 1.29 is 19.7 Å². The summed E-state index contributed by atoms with van der Waals surface area (Å²) < 4.78 is 4.79. The molecule has 0 aliphatic carbocycles. The fourth-order valence-electron chi connectivity index (χ4n) is 3.70. The van der Waals surface area contributed by atoms with Crippen LogP contribution in [0.3, 0.4) is 0 Å². The highest BCUT2D eigenvalue weighted by Gasteiger charge is 2.22. The average Bonchev–Trinajstić information content (AvgIpc) is 3.31. The lowest BCUT2D eigenvalue weighted by atomic mass is 10.0. The van der Waals surface area contributed by atoms with Crippen molar-refractivity contribution in [3.63, 3.8) is 0 Å². The smallest absolute Gasteiger partial charge is 0.348 e. The molecule has 0 saturated heterocycles. The highest BCUT2D eigenvalue weighted by atomic mass is 32.1. The topological polar surface area (TPSA) is 70.0 Å². The van der Waals surface area contributed by atoms with Gasteiger partial charge in [0.05, 0.1) is 19.3 Å². The van der Waals surface area contributed by atoms with E-state index in [1.54, 1.807) is 6.07 Å². The first-order valence-electron chi connectivity index (χ1n) is 10.8. The maximum Gasteiger partial charge on any atom is 0.348 e. The zero-order valence-electron chi connectivity index (χ0n) is 18.6. The van der Waals surface area contributed by atoms with Crippen LogP contribution in [-0.4, -0.2) is 47.3 Å². The molecule has 0 saturated carbocycles. The molecule has 0 unspecified atom stereocenters. The van der Waals surface area contributed by atoms with Crippen molar-refractivity contribution in [2.24, 2.45) is 0 Å². The lowest BCUT2D eigenvalue weighted by molar-refractivity contribution is 0.0461. The molecule has 5 nitrogen and oxygen atoms in total. The van der Waals surface area contributed by atoms with Crippen LogP contribution in [0, 0.1) is 0 Å². The van der Waals surface area contributed by atoms with Crippen LogP contribution < -0.4 is 0 Å². The second kappa shape index (κ2) is 11.9. The van der Waals surface area contributed by atoms with E-state index in [-0.39, 0.29) is 12.0 Å². The van der Waals surface area contributed by atoms with E-state index in [9.17, 15) is 15.0 Å². The summed E-state index contributed by atoms with van der Waals surface area (Å²) in [5.74, 6) is -0.312. The molecule has 2 aromatic carbocycles. The Morgan fingerprint density at radius 1 is 0.906 bits per heavy atom. The van der Waals surface area contributed by atoms with Crippen molar-refractivity contribution in [1.29, 1.82) is 0 Å². The molecule has 0 aliphatic rings. The first-order valence-corrected chi connectivity index (χ1v) is 11.7. The summed E-state index contributed by atoms with van der Waals surface area (Å²) in [6.07, 6.45) is 0.357. The lowest BCUT2D eigenvalue weighted by Gasteiger charge is -2.33. The van der Waals surface area contributed by atoms with Gasteiger partial charge in [0.1, 0.15) is 4.88 Å². The highest BCUT2D eigenvalue weighted by Crippen LogP contribution is 2.24. The number of thiophene rings is 1. The van der Waals surface area contributed by atoms with Crippen LogP contribution in [0.2, 0.25) is 0 Å². The summed E-state index contributed by atoms with van der Waals surface area (Å²) in [5, 5.41) is 21.7. The number of hydrogen-bond acceptors (Lipinski definition) is 6. The molecule has 0 radical (unpaired) electrons. The third-order valence-electron chi connectivity index (χ3n) is 5.66. The Kier molecular flexibility index (Phi) is 9.00. The van der Waals surface area contributed by atoms with Gasteiger partial charge in [-0.2, -0.15) is 0 Å². The molecule has 0 amide bonds. The van der Waals surface area contributed by atoms with Gasteiger partial charge in [-0.25, -0.2) is 4.79 Å². The van der Waals surface area contributed by atoms with Crippen molar-refractivity contribution in [3.8, 4) is 0 Å². The van der Waals surface area contributed by atoms with Crippen molar-refractivity contribution in [2.75, 3.05) is 20.2 Å². The van der Waals surface area contributed by atoms with Gasteiger partial charge in [-0.3, -0.25) is 4.90 Å². The lowest BCUT2D eigenvalue weighted by Crippen LogP contribution is -2.39. The number of carbonyl (C=O) groups excluding carboxylic acids is 1. The molecule has 3 aromatic rings. The van der Waals surface area contributed by atoms with E-state index in [1.165, 1.54) is 18.4 Å². The number of rotatable bonds is 11. The molecule has 1 heterocycles. The van der Waals surface area contributed by atoms with Gasteiger partial charge in [-0.05, 0) is 43.0 Å². The van der Waals surface area contributed by atoms with Gasteiger partial charge in [-0.15, -0.1) is 11.3 Å². The molecule has 3 rings (SSSR count). The number of aliphatic hydroxyl groups is 2. The Bertz CT molecular complexity index is 913. The molecule has 0 aliphatic heterocycles. The molecular weight excluding hydrogens is 422 g/mol. The maximum absolute atomic E-state index is 11.7. The minimum absolute atomic E-state index is 0.121. The molecule has 32 heavy (non-hydrogen) atoms. The summed E-state index contributed by atoms with van der Waals surface area (Å²) in [5.41, 5.74) is 1.72. The standard InChI is InChI=1S/C26H31NO4S/c1-19(13-14-22-15-16-25(32-22)26(30)31-2)27(17-23(28)20-9-5-3-6-10-20)18-24(29)21-11-7-4-8-12-21/h3-12,15-16,19,23-24,28-29H,13-14,17-18H2,1-2H3/t19-,23-,24-/m1/s1. The summed E-state index contributed by atoms with van der Waals surface area (Å²) in [6, 6.07) is 23.1. The molecule has 0 spiro atoms. The SMILES string of the molecule is COC(=O)c1ccc(CC[C@@H](C)N(C[C@@H](O)c2ccccc2)C[C@@H](O)c2ccccc2)s1. The molecule has 3 atom stereocenters. The Morgan fingerprint density at radius 3 is 1.94 bits per heavy atom.